The normalized spacial score (nSPS) is 17.4. The van der Waals surface area contributed by atoms with Crippen LogP contribution in [0.2, 0.25) is 0 Å². The van der Waals surface area contributed by atoms with Crippen molar-refractivity contribution in [2.24, 2.45) is 0 Å². The van der Waals surface area contributed by atoms with Crippen LogP contribution >= 0.6 is 12.4 Å². The first-order valence-electron chi connectivity index (χ1n) is 8.72. The third-order valence-electron chi connectivity index (χ3n) is 5.10. The summed E-state index contributed by atoms with van der Waals surface area (Å²) in [6.07, 6.45) is 3.72. The number of nitrogens with zero attached hydrogens (tertiary/aromatic N) is 1. The number of hydrogen-bond acceptors (Lipinski definition) is 6. The minimum atomic E-state index is -0.474. The smallest absolute Gasteiger partial charge is 0.356 e. The Morgan fingerprint density at radius 3 is 2.59 bits per heavy atom. The first-order valence-corrected chi connectivity index (χ1v) is 8.72. The number of rotatable bonds is 2. The van der Waals surface area contributed by atoms with Crippen LogP contribution in [-0.4, -0.2) is 42.5 Å². The summed E-state index contributed by atoms with van der Waals surface area (Å²) in [7, 11) is 1.32. The Balaban J connectivity index is 0.00000210. The summed E-state index contributed by atoms with van der Waals surface area (Å²) >= 11 is 0. The molecule has 2 aliphatic heterocycles. The number of aromatic nitrogens is 1. The molecule has 0 amide bonds. The number of halogens is 1. The molecule has 1 saturated heterocycles. The van der Waals surface area contributed by atoms with E-state index in [-0.39, 0.29) is 29.5 Å². The number of fused-ring (bicyclic) bond motifs is 1. The second kappa shape index (κ2) is 7.66. The van der Waals surface area contributed by atoms with Crippen molar-refractivity contribution < 1.29 is 19.1 Å². The minimum absolute atomic E-state index is 0. The van der Waals surface area contributed by atoms with Crippen LogP contribution in [0.1, 0.15) is 40.1 Å². The molecule has 1 aromatic heterocycles. The predicted octanol–water partition coefficient (Wildman–Crippen LogP) is 3.04. The molecule has 1 N–H and O–H groups in total. The summed E-state index contributed by atoms with van der Waals surface area (Å²) in [6.45, 7) is 1.75. The third-order valence-corrected chi connectivity index (χ3v) is 5.10. The number of esters is 1. The standard InChI is InChI=1S/C20H20N2O4.ClH/c1-25-19(24)16-4-2-14(12-22-16)13-3-5-18-15(10-13)17(23)11-20(26-18)6-8-21-9-7-20;/h2-5,10,12,21H,6-9,11H2,1H3;1H. The largest absolute Gasteiger partial charge is 0.486 e. The van der Waals surface area contributed by atoms with E-state index in [1.165, 1.54) is 7.11 Å². The number of nitrogens with one attached hydrogen (secondary N) is 1. The number of ketones is 1. The fourth-order valence-corrected chi connectivity index (χ4v) is 3.62. The molecule has 2 aromatic rings. The lowest BCUT2D eigenvalue weighted by Gasteiger charge is -2.41. The predicted molar refractivity (Wildman–Crippen MR) is 103 cm³/mol. The van der Waals surface area contributed by atoms with Crippen LogP contribution in [0.4, 0.5) is 0 Å². The van der Waals surface area contributed by atoms with Crippen molar-refractivity contribution in [3.8, 4) is 16.9 Å². The summed E-state index contributed by atoms with van der Waals surface area (Å²) in [5.74, 6) is 0.304. The number of piperidine rings is 1. The van der Waals surface area contributed by atoms with Crippen LogP contribution in [0.25, 0.3) is 11.1 Å². The highest BCUT2D eigenvalue weighted by Gasteiger charge is 2.41. The van der Waals surface area contributed by atoms with Crippen LogP contribution in [0.15, 0.2) is 36.5 Å². The van der Waals surface area contributed by atoms with E-state index in [0.717, 1.165) is 37.1 Å². The number of Topliss-reactive ketones (excluding diaryl/α,β-unsaturated/α-hetero) is 1. The van der Waals surface area contributed by atoms with Crippen LogP contribution < -0.4 is 10.1 Å². The molecular formula is C20H21ClN2O4. The van der Waals surface area contributed by atoms with Gasteiger partial charge in [0.05, 0.1) is 19.1 Å². The van der Waals surface area contributed by atoms with Crippen molar-refractivity contribution in [2.45, 2.75) is 24.9 Å². The lowest BCUT2D eigenvalue weighted by atomic mass is 9.82. The van der Waals surface area contributed by atoms with Crippen LogP contribution in [0.5, 0.6) is 5.75 Å². The van der Waals surface area contributed by atoms with E-state index in [2.05, 4.69) is 15.0 Å². The van der Waals surface area contributed by atoms with Crippen LogP contribution in [0.3, 0.4) is 0 Å². The van der Waals surface area contributed by atoms with Gasteiger partial charge >= 0.3 is 5.97 Å². The zero-order chi connectivity index (χ0) is 18.1. The number of ether oxygens (including phenoxy) is 2. The van der Waals surface area contributed by atoms with E-state index in [1.807, 2.05) is 18.2 Å². The molecule has 4 rings (SSSR count). The molecule has 0 bridgehead atoms. The molecule has 7 heteroatoms. The van der Waals surface area contributed by atoms with E-state index >= 15 is 0 Å². The van der Waals surface area contributed by atoms with Gasteiger partial charge in [0.1, 0.15) is 17.0 Å². The Morgan fingerprint density at radius 1 is 1.19 bits per heavy atom. The number of methoxy groups -OCH3 is 1. The second-order valence-corrected chi connectivity index (χ2v) is 6.77. The highest BCUT2D eigenvalue weighted by atomic mass is 35.5. The topological polar surface area (TPSA) is 77.5 Å². The number of benzene rings is 1. The van der Waals surface area contributed by atoms with E-state index in [4.69, 9.17) is 4.74 Å². The molecule has 0 unspecified atom stereocenters. The molecule has 1 spiro atoms. The summed E-state index contributed by atoms with van der Waals surface area (Å²) in [6, 6.07) is 9.04. The number of hydrogen-bond donors (Lipinski definition) is 1. The Hall–Kier alpha value is -2.44. The lowest BCUT2D eigenvalue weighted by Crippen LogP contribution is -2.49. The van der Waals surface area contributed by atoms with Gasteiger partial charge in [-0.1, -0.05) is 12.1 Å². The quantitative estimate of drug-likeness (QED) is 0.797. The number of carbonyl (C=O) groups excluding carboxylic acids is 2. The van der Waals surface area contributed by atoms with Gasteiger partial charge in [0.15, 0.2) is 5.78 Å². The molecule has 1 fully saturated rings. The maximum Gasteiger partial charge on any atom is 0.356 e. The van der Waals surface area contributed by atoms with E-state index in [0.29, 0.717) is 17.7 Å². The minimum Gasteiger partial charge on any atom is -0.486 e. The lowest BCUT2D eigenvalue weighted by molar-refractivity contribution is 0.0187. The molecular weight excluding hydrogens is 368 g/mol. The van der Waals surface area contributed by atoms with Crippen molar-refractivity contribution in [1.29, 1.82) is 0 Å². The Kier molecular flexibility index (Phi) is 5.48. The van der Waals surface area contributed by atoms with Crippen molar-refractivity contribution in [3.63, 3.8) is 0 Å². The fraction of sp³-hybridized carbons (Fsp3) is 0.350. The molecule has 6 nitrogen and oxygen atoms in total. The fourth-order valence-electron chi connectivity index (χ4n) is 3.62. The van der Waals surface area contributed by atoms with Crippen molar-refractivity contribution in [1.82, 2.24) is 10.3 Å². The van der Waals surface area contributed by atoms with Gasteiger partial charge in [0.2, 0.25) is 0 Å². The monoisotopic (exact) mass is 388 g/mol. The van der Waals surface area contributed by atoms with Crippen LogP contribution in [0, 0.1) is 0 Å². The number of pyridine rings is 1. The Morgan fingerprint density at radius 2 is 1.93 bits per heavy atom. The van der Waals surface area contributed by atoms with E-state index in [1.54, 1.807) is 18.3 Å². The summed E-state index contributed by atoms with van der Waals surface area (Å²) in [4.78, 5) is 28.4. The molecule has 2 aliphatic rings. The average molecular weight is 389 g/mol. The highest BCUT2D eigenvalue weighted by Crippen LogP contribution is 2.39. The average Bonchev–Trinajstić information content (AvgIpc) is 2.68. The highest BCUT2D eigenvalue weighted by molar-refractivity contribution is 6.01. The first kappa shape index (κ1) is 19.3. The second-order valence-electron chi connectivity index (χ2n) is 6.77. The van der Waals surface area contributed by atoms with Gasteiger partial charge < -0.3 is 14.8 Å². The molecule has 142 valence electrons. The van der Waals surface area contributed by atoms with Gasteiger partial charge in [-0.2, -0.15) is 0 Å². The molecule has 0 aliphatic carbocycles. The molecule has 1 aromatic carbocycles. The molecule has 0 atom stereocenters. The van der Waals surface area contributed by atoms with Gasteiger partial charge in [-0.25, -0.2) is 9.78 Å². The molecule has 0 saturated carbocycles. The third kappa shape index (κ3) is 3.68. The van der Waals surface area contributed by atoms with Gasteiger partial charge in [-0.05, 0) is 36.9 Å². The maximum atomic E-state index is 12.7. The van der Waals surface area contributed by atoms with Gasteiger partial charge in [-0.3, -0.25) is 4.79 Å². The van der Waals surface area contributed by atoms with Crippen LogP contribution in [-0.2, 0) is 4.74 Å². The first-order chi connectivity index (χ1) is 12.6. The Labute approximate surface area is 163 Å². The van der Waals surface area contributed by atoms with Crippen molar-refractivity contribution in [2.75, 3.05) is 20.2 Å². The summed E-state index contributed by atoms with van der Waals surface area (Å²) in [5, 5.41) is 3.31. The van der Waals surface area contributed by atoms with E-state index < -0.39 is 5.97 Å². The molecule has 27 heavy (non-hydrogen) atoms. The van der Waals surface area contributed by atoms with Gasteiger partial charge in [0.25, 0.3) is 0 Å². The number of carbonyl (C=O) groups is 2. The van der Waals surface area contributed by atoms with Gasteiger partial charge in [-0.15, -0.1) is 12.4 Å². The summed E-state index contributed by atoms with van der Waals surface area (Å²) < 4.78 is 10.9. The maximum absolute atomic E-state index is 12.7. The zero-order valence-electron chi connectivity index (χ0n) is 15.0. The SMILES string of the molecule is COC(=O)c1ccc(-c2ccc3c(c2)C(=O)CC2(CCNCC2)O3)cn1.Cl. The Bertz CT molecular complexity index is 861. The zero-order valence-corrected chi connectivity index (χ0v) is 15.8. The molecule has 0 radical (unpaired) electrons. The summed E-state index contributed by atoms with van der Waals surface area (Å²) in [5.41, 5.74) is 2.20. The molecule has 3 heterocycles. The van der Waals surface area contributed by atoms with Crippen molar-refractivity contribution in [3.05, 3.63) is 47.8 Å². The van der Waals surface area contributed by atoms with E-state index in [9.17, 15) is 9.59 Å². The van der Waals surface area contributed by atoms with Gasteiger partial charge in [0, 0.05) is 24.6 Å². The van der Waals surface area contributed by atoms with Crippen molar-refractivity contribution >= 4 is 24.2 Å².